The third kappa shape index (κ3) is 4.93. The summed E-state index contributed by atoms with van der Waals surface area (Å²) in [5.41, 5.74) is 3.37. The van der Waals surface area contributed by atoms with Gasteiger partial charge in [-0.05, 0) is 22.9 Å². The summed E-state index contributed by atoms with van der Waals surface area (Å²) in [5, 5.41) is 18.7. The summed E-state index contributed by atoms with van der Waals surface area (Å²) >= 11 is 1.72. The van der Waals surface area contributed by atoms with Crippen molar-refractivity contribution in [2.24, 2.45) is 0 Å². The van der Waals surface area contributed by atoms with E-state index in [-0.39, 0.29) is 6.61 Å². The molecule has 2 rings (SSSR count). The van der Waals surface area contributed by atoms with Gasteiger partial charge in [0.2, 0.25) is 0 Å². The van der Waals surface area contributed by atoms with Gasteiger partial charge in [-0.15, -0.1) is 11.8 Å². The van der Waals surface area contributed by atoms with Gasteiger partial charge in [-0.2, -0.15) is 5.26 Å². The van der Waals surface area contributed by atoms with E-state index in [4.69, 9.17) is 5.11 Å². The Balaban J connectivity index is 2.27. The lowest BCUT2D eigenvalue weighted by Crippen LogP contribution is -2.19. The molecule has 0 saturated carbocycles. The summed E-state index contributed by atoms with van der Waals surface area (Å²) in [6.45, 7) is 7.10. The van der Waals surface area contributed by atoms with Crippen molar-refractivity contribution in [3.8, 4) is 17.2 Å². The largest absolute Gasteiger partial charge is 0.392 e. The van der Waals surface area contributed by atoms with Crippen molar-refractivity contribution in [1.82, 2.24) is 4.98 Å². The molecule has 3 nitrogen and oxygen atoms in total. The van der Waals surface area contributed by atoms with E-state index in [0.717, 1.165) is 27.3 Å². The zero-order chi connectivity index (χ0) is 16.9. The van der Waals surface area contributed by atoms with Crippen LogP contribution in [0.5, 0.6) is 0 Å². The Morgan fingerprint density at radius 2 is 1.87 bits per heavy atom. The number of thioether (sulfide) groups is 1. The highest BCUT2D eigenvalue weighted by molar-refractivity contribution is 7.99. The number of aliphatic hydroxyl groups excluding tert-OH is 1. The minimum atomic E-state index is -1.07. The van der Waals surface area contributed by atoms with Crippen LogP contribution in [0.4, 0.5) is 0 Å². The average Bonchev–Trinajstić information content (AvgIpc) is 2.53. The SMILES string of the molecule is C[Si](C)(C)CCSc1cncc(-c2ccc(CO)cc2)c1C#N. The molecule has 0 spiro atoms. The third-order valence-corrected chi connectivity index (χ3v) is 6.72. The number of benzene rings is 1. The van der Waals surface area contributed by atoms with Crippen molar-refractivity contribution in [3.63, 3.8) is 0 Å². The number of rotatable bonds is 6. The first-order chi connectivity index (χ1) is 10.9. The smallest absolute Gasteiger partial charge is 0.101 e. The molecule has 1 aromatic carbocycles. The lowest BCUT2D eigenvalue weighted by Gasteiger charge is -2.15. The van der Waals surface area contributed by atoms with Crippen molar-refractivity contribution >= 4 is 19.8 Å². The van der Waals surface area contributed by atoms with Gasteiger partial charge < -0.3 is 5.11 Å². The average molecular weight is 343 g/mol. The molecule has 120 valence electrons. The highest BCUT2D eigenvalue weighted by Gasteiger charge is 2.15. The van der Waals surface area contributed by atoms with Crippen molar-refractivity contribution in [1.29, 1.82) is 5.26 Å². The molecule has 0 radical (unpaired) electrons. The first kappa shape index (κ1) is 17.7. The van der Waals surface area contributed by atoms with Crippen LogP contribution in [-0.4, -0.2) is 23.9 Å². The highest BCUT2D eigenvalue weighted by atomic mass is 32.2. The quantitative estimate of drug-likeness (QED) is 0.618. The maximum absolute atomic E-state index is 9.60. The summed E-state index contributed by atoms with van der Waals surface area (Å²) in [4.78, 5) is 5.27. The summed E-state index contributed by atoms with van der Waals surface area (Å²) in [6.07, 6.45) is 3.54. The lowest BCUT2D eigenvalue weighted by molar-refractivity contribution is 0.282. The van der Waals surface area contributed by atoms with Gasteiger partial charge in [-0.3, -0.25) is 4.98 Å². The molecule has 0 fully saturated rings. The van der Waals surface area contributed by atoms with Crippen molar-refractivity contribution in [2.45, 2.75) is 37.2 Å². The monoisotopic (exact) mass is 342 g/mol. The van der Waals surface area contributed by atoms with Crippen LogP contribution in [0.3, 0.4) is 0 Å². The normalized spacial score (nSPS) is 11.3. The Morgan fingerprint density at radius 3 is 2.43 bits per heavy atom. The van der Waals surface area contributed by atoms with Crippen molar-refractivity contribution in [3.05, 3.63) is 47.8 Å². The molecule has 0 unspecified atom stereocenters. The molecule has 1 heterocycles. The van der Waals surface area contributed by atoms with E-state index >= 15 is 0 Å². The van der Waals surface area contributed by atoms with Gasteiger partial charge in [0.1, 0.15) is 6.07 Å². The molecular weight excluding hydrogens is 320 g/mol. The van der Waals surface area contributed by atoms with Crippen LogP contribution in [0.2, 0.25) is 25.7 Å². The lowest BCUT2D eigenvalue weighted by atomic mass is 10.0. The van der Waals surface area contributed by atoms with Crippen LogP contribution >= 0.6 is 11.8 Å². The fourth-order valence-corrected chi connectivity index (χ4v) is 5.65. The topological polar surface area (TPSA) is 56.9 Å². The first-order valence-electron chi connectivity index (χ1n) is 7.65. The van der Waals surface area contributed by atoms with Gasteiger partial charge in [0.05, 0.1) is 12.2 Å². The van der Waals surface area contributed by atoms with Crippen LogP contribution in [0.25, 0.3) is 11.1 Å². The van der Waals surface area contributed by atoms with E-state index in [1.807, 2.05) is 24.3 Å². The van der Waals surface area contributed by atoms with E-state index in [9.17, 15) is 5.26 Å². The van der Waals surface area contributed by atoms with Gasteiger partial charge in [-0.25, -0.2) is 0 Å². The van der Waals surface area contributed by atoms with Gasteiger partial charge >= 0.3 is 0 Å². The summed E-state index contributed by atoms with van der Waals surface area (Å²) in [7, 11) is -1.07. The summed E-state index contributed by atoms with van der Waals surface area (Å²) < 4.78 is 0. The van der Waals surface area contributed by atoms with E-state index in [0.29, 0.717) is 5.56 Å². The Morgan fingerprint density at radius 1 is 1.17 bits per heavy atom. The standard InChI is InChI=1S/C18H22N2OSSi/c1-23(2,3)9-8-22-18-12-20-11-17(16(18)10-19)15-6-4-14(13-21)5-7-15/h4-7,11-12,21H,8-9,13H2,1-3H3. The number of nitrogens with zero attached hydrogens (tertiary/aromatic N) is 2. The fourth-order valence-electron chi connectivity index (χ4n) is 2.14. The maximum Gasteiger partial charge on any atom is 0.101 e. The van der Waals surface area contributed by atoms with Crippen LogP contribution in [-0.2, 0) is 6.61 Å². The molecule has 23 heavy (non-hydrogen) atoms. The van der Waals surface area contributed by atoms with E-state index < -0.39 is 8.07 Å². The van der Waals surface area contributed by atoms with Gasteiger partial charge in [0.25, 0.3) is 0 Å². The predicted molar refractivity (Wildman–Crippen MR) is 99.2 cm³/mol. The Hall–Kier alpha value is -1.61. The van der Waals surface area contributed by atoms with Crippen molar-refractivity contribution in [2.75, 3.05) is 5.75 Å². The van der Waals surface area contributed by atoms with Crippen molar-refractivity contribution < 1.29 is 5.11 Å². The number of pyridine rings is 1. The molecule has 0 aliphatic rings. The van der Waals surface area contributed by atoms with E-state index in [1.54, 1.807) is 24.2 Å². The summed E-state index contributed by atoms with van der Waals surface area (Å²) in [5.74, 6) is 1.03. The van der Waals surface area contributed by atoms with E-state index in [1.165, 1.54) is 6.04 Å². The number of aromatic nitrogens is 1. The Bertz CT molecular complexity index is 702. The zero-order valence-corrected chi connectivity index (χ0v) is 15.7. The van der Waals surface area contributed by atoms with Gasteiger partial charge in [0.15, 0.2) is 0 Å². The van der Waals surface area contributed by atoms with E-state index in [2.05, 4.69) is 30.7 Å². The molecule has 0 amide bonds. The van der Waals surface area contributed by atoms with Crippen LogP contribution < -0.4 is 0 Å². The molecular formula is C18H22N2OSSi. The molecule has 0 bridgehead atoms. The van der Waals surface area contributed by atoms with Gasteiger partial charge in [-0.1, -0.05) is 43.9 Å². The molecule has 1 aromatic heterocycles. The van der Waals surface area contributed by atoms with Gasteiger partial charge in [0, 0.05) is 30.9 Å². The molecule has 0 aliphatic carbocycles. The third-order valence-electron chi connectivity index (χ3n) is 3.58. The summed E-state index contributed by atoms with van der Waals surface area (Å²) in [6, 6.07) is 11.2. The molecule has 0 aliphatic heterocycles. The maximum atomic E-state index is 9.60. The number of nitriles is 1. The second-order valence-electron chi connectivity index (χ2n) is 6.69. The fraction of sp³-hybridized carbons (Fsp3) is 0.333. The number of hydrogen-bond donors (Lipinski definition) is 1. The molecule has 5 heteroatoms. The zero-order valence-electron chi connectivity index (χ0n) is 13.8. The minimum absolute atomic E-state index is 0.0240. The molecule has 0 atom stereocenters. The number of aliphatic hydroxyl groups is 1. The molecule has 0 saturated heterocycles. The Labute approximate surface area is 143 Å². The number of hydrogen-bond acceptors (Lipinski definition) is 4. The first-order valence-corrected chi connectivity index (χ1v) is 12.3. The highest BCUT2D eigenvalue weighted by Crippen LogP contribution is 2.31. The predicted octanol–water partition coefficient (Wildman–Crippen LogP) is 4.54. The second-order valence-corrected chi connectivity index (χ2v) is 13.4. The van der Waals surface area contributed by atoms with Crippen LogP contribution in [0.15, 0.2) is 41.6 Å². The molecule has 2 aromatic rings. The second kappa shape index (κ2) is 7.78. The van der Waals surface area contributed by atoms with Crippen LogP contribution in [0, 0.1) is 11.3 Å². The van der Waals surface area contributed by atoms with Crippen LogP contribution in [0.1, 0.15) is 11.1 Å². The Kier molecular flexibility index (Phi) is 6.00. The minimum Gasteiger partial charge on any atom is -0.392 e. The molecule has 1 N–H and O–H groups in total.